The van der Waals surface area contributed by atoms with Crippen LogP contribution in [0.4, 0.5) is 8.78 Å². The molecule has 6 nitrogen and oxygen atoms in total. The highest BCUT2D eigenvalue weighted by atomic mass is 127. The molecule has 30 heavy (non-hydrogen) atoms. The van der Waals surface area contributed by atoms with Gasteiger partial charge in [0, 0.05) is 31.7 Å². The fourth-order valence-electron chi connectivity index (χ4n) is 2.61. The number of amides is 1. The lowest BCUT2D eigenvalue weighted by atomic mass is 10.1. The van der Waals surface area contributed by atoms with Crippen LogP contribution in [-0.4, -0.2) is 43.2 Å². The van der Waals surface area contributed by atoms with Crippen LogP contribution in [0.15, 0.2) is 47.5 Å². The topological polar surface area (TPSA) is 85.8 Å². The lowest BCUT2D eigenvalue weighted by Gasteiger charge is -2.12. The number of nitrogens with one attached hydrogen (secondary N) is 3. The normalized spacial score (nSPS) is 10.8. The van der Waals surface area contributed by atoms with Crippen molar-refractivity contribution in [2.45, 2.75) is 19.8 Å². The Morgan fingerprint density at radius 2 is 1.87 bits per heavy atom. The standard InChI is InChI=1S/C21H26F2N4O2.HI/c1-2-24-21(27-12-9-15-13-17(22)7-8-19(15)23)26-11-4-10-25-20(29)16-5-3-6-18(28)14-16;/h3,5-8,13-14,28H,2,4,9-12H2,1H3,(H,25,29)(H2,24,26,27);1H. The fourth-order valence-corrected chi connectivity index (χ4v) is 2.61. The number of aromatic hydroxyl groups is 1. The summed E-state index contributed by atoms with van der Waals surface area (Å²) in [7, 11) is 0. The van der Waals surface area contributed by atoms with Gasteiger partial charge in [-0.15, -0.1) is 24.0 Å². The van der Waals surface area contributed by atoms with Gasteiger partial charge in [0.2, 0.25) is 0 Å². The molecule has 0 fully saturated rings. The number of rotatable bonds is 9. The van der Waals surface area contributed by atoms with Crippen molar-refractivity contribution in [1.82, 2.24) is 16.0 Å². The first-order valence-electron chi connectivity index (χ1n) is 9.53. The molecule has 0 aromatic heterocycles. The summed E-state index contributed by atoms with van der Waals surface area (Å²) in [4.78, 5) is 16.4. The molecule has 2 aromatic rings. The molecule has 2 aromatic carbocycles. The molecule has 0 spiro atoms. The van der Waals surface area contributed by atoms with Crippen molar-refractivity contribution >= 4 is 35.8 Å². The van der Waals surface area contributed by atoms with Crippen molar-refractivity contribution in [3.63, 3.8) is 0 Å². The Hall–Kier alpha value is -2.43. The first kappa shape index (κ1) is 25.6. The van der Waals surface area contributed by atoms with Gasteiger partial charge < -0.3 is 21.1 Å². The number of hydrogen-bond acceptors (Lipinski definition) is 3. The van der Waals surface area contributed by atoms with Gasteiger partial charge in [-0.25, -0.2) is 8.78 Å². The number of aliphatic imine (C=N–C) groups is 1. The van der Waals surface area contributed by atoms with E-state index in [1.807, 2.05) is 6.92 Å². The second kappa shape index (κ2) is 13.7. The van der Waals surface area contributed by atoms with Crippen LogP contribution in [0.3, 0.4) is 0 Å². The Morgan fingerprint density at radius 1 is 1.07 bits per heavy atom. The minimum Gasteiger partial charge on any atom is -0.508 e. The van der Waals surface area contributed by atoms with Gasteiger partial charge in [0.05, 0.1) is 0 Å². The third kappa shape index (κ3) is 8.93. The monoisotopic (exact) mass is 532 g/mol. The van der Waals surface area contributed by atoms with E-state index in [2.05, 4.69) is 20.9 Å². The molecule has 0 saturated heterocycles. The zero-order valence-corrected chi connectivity index (χ0v) is 19.1. The van der Waals surface area contributed by atoms with Gasteiger partial charge in [-0.2, -0.15) is 0 Å². The molecule has 4 N–H and O–H groups in total. The number of carbonyl (C=O) groups excluding carboxylic acids is 1. The molecule has 1 amide bonds. The second-order valence-corrected chi connectivity index (χ2v) is 6.33. The minimum absolute atomic E-state index is 0. The van der Waals surface area contributed by atoms with Crippen molar-refractivity contribution in [2.75, 3.05) is 26.2 Å². The van der Waals surface area contributed by atoms with Crippen LogP contribution in [0.25, 0.3) is 0 Å². The van der Waals surface area contributed by atoms with Crippen molar-refractivity contribution < 1.29 is 18.7 Å². The van der Waals surface area contributed by atoms with Crippen LogP contribution in [-0.2, 0) is 6.42 Å². The van der Waals surface area contributed by atoms with Crippen LogP contribution in [0.1, 0.15) is 29.3 Å². The summed E-state index contributed by atoms with van der Waals surface area (Å²) in [6.45, 7) is 3.91. The van der Waals surface area contributed by atoms with E-state index >= 15 is 0 Å². The van der Waals surface area contributed by atoms with Gasteiger partial charge in [0.15, 0.2) is 5.96 Å². The number of nitrogens with zero attached hydrogens (tertiary/aromatic N) is 1. The lowest BCUT2D eigenvalue weighted by Crippen LogP contribution is -2.38. The predicted octanol–water partition coefficient (Wildman–Crippen LogP) is 3.21. The average Bonchev–Trinajstić information content (AvgIpc) is 2.70. The van der Waals surface area contributed by atoms with Crippen molar-refractivity contribution in [1.29, 1.82) is 0 Å². The Bertz CT molecular complexity index is 850. The molecular formula is C21H27F2IN4O2. The third-order valence-electron chi connectivity index (χ3n) is 4.04. The smallest absolute Gasteiger partial charge is 0.251 e. The summed E-state index contributed by atoms with van der Waals surface area (Å²) in [6.07, 6.45) is 0.952. The SMILES string of the molecule is CCNC(=NCCCNC(=O)c1cccc(O)c1)NCCc1cc(F)ccc1F.I. The Balaban J connectivity index is 0.00000450. The highest BCUT2D eigenvalue weighted by Crippen LogP contribution is 2.11. The molecule has 0 saturated carbocycles. The molecular weight excluding hydrogens is 505 g/mol. The summed E-state index contributed by atoms with van der Waals surface area (Å²) < 4.78 is 26.9. The van der Waals surface area contributed by atoms with Gasteiger partial charge in [-0.3, -0.25) is 9.79 Å². The molecule has 9 heteroatoms. The second-order valence-electron chi connectivity index (χ2n) is 6.33. The maximum atomic E-state index is 13.7. The van der Waals surface area contributed by atoms with E-state index in [4.69, 9.17) is 0 Å². The summed E-state index contributed by atoms with van der Waals surface area (Å²) in [6, 6.07) is 9.55. The van der Waals surface area contributed by atoms with Gasteiger partial charge in [-0.05, 0) is 61.7 Å². The number of phenolic OH excluding ortho intramolecular Hbond substituents is 1. The van der Waals surface area contributed by atoms with Crippen molar-refractivity contribution in [3.8, 4) is 5.75 Å². The zero-order valence-electron chi connectivity index (χ0n) is 16.8. The number of carbonyl (C=O) groups is 1. The van der Waals surface area contributed by atoms with Gasteiger partial charge in [0.25, 0.3) is 5.91 Å². The van der Waals surface area contributed by atoms with Crippen LogP contribution >= 0.6 is 24.0 Å². The summed E-state index contributed by atoms with van der Waals surface area (Å²) in [5.41, 5.74) is 0.705. The maximum Gasteiger partial charge on any atom is 0.251 e. The van der Waals surface area contributed by atoms with E-state index in [1.165, 1.54) is 18.2 Å². The molecule has 0 aliphatic heterocycles. The number of benzene rings is 2. The number of halogens is 3. The summed E-state index contributed by atoms with van der Waals surface area (Å²) in [5.74, 6) is -0.537. The summed E-state index contributed by atoms with van der Waals surface area (Å²) >= 11 is 0. The number of hydrogen-bond donors (Lipinski definition) is 4. The molecule has 0 unspecified atom stereocenters. The maximum absolute atomic E-state index is 13.7. The van der Waals surface area contributed by atoms with Crippen molar-refractivity contribution in [2.24, 2.45) is 4.99 Å². The van der Waals surface area contributed by atoms with Gasteiger partial charge in [0.1, 0.15) is 17.4 Å². The van der Waals surface area contributed by atoms with E-state index in [9.17, 15) is 18.7 Å². The molecule has 0 heterocycles. The molecule has 0 aliphatic carbocycles. The Kier molecular flexibility index (Phi) is 11.7. The van der Waals surface area contributed by atoms with Crippen LogP contribution in [0.2, 0.25) is 0 Å². The van der Waals surface area contributed by atoms with E-state index in [0.717, 1.165) is 12.1 Å². The van der Waals surface area contributed by atoms with Crippen LogP contribution < -0.4 is 16.0 Å². The van der Waals surface area contributed by atoms with E-state index in [-0.39, 0.29) is 35.6 Å². The molecule has 164 valence electrons. The van der Waals surface area contributed by atoms with Crippen molar-refractivity contribution in [3.05, 3.63) is 65.2 Å². The highest BCUT2D eigenvalue weighted by Gasteiger charge is 2.06. The van der Waals surface area contributed by atoms with E-state index < -0.39 is 11.6 Å². The molecule has 2 rings (SSSR count). The van der Waals surface area contributed by atoms with E-state index in [0.29, 0.717) is 56.1 Å². The Morgan fingerprint density at radius 3 is 2.60 bits per heavy atom. The first-order valence-corrected chi connectivity index (χ1v) is 9.53. The minimum atomic E-state index is -0.463. The van der Waals surface area contributed by atoms with Gasteiger partial charge >= 0.3 is 0 Å². The molecule has 0 bridgehead atoms. The lowest BCUT2D eigenvalue weighted by molar-refractivity contribution is 0.0953. The molecule has 0 radical (unpaired) electrons. The Labute approximate surface area is 192 Å². The van der Waals surface area contributed by atoms with Crippen LogP contribution in [0.5, 0.6) is 5.75 Å². The molecule has 0 atom stereocenters. The quantitative estimate of drug-likeness (QED) is 0.173. The third-order valence-corrected chi connectivity index (χ3v) is 4.04. The van der Waals surface area contributed by atoms with E-state index in [1.54, 1.807) is 12.1 Å². The zero-order chi connectivity index (χ0) is 21.1. The summed E-state index contributed by atoms with van der Waals surface area (Å²) in [5, 5.41) is 18.3. The number of guanidine groups is 1. The number of phenols is 1. The highest BCUT2D eigenvalue weighted by molar-refractivity contribution is 14.0. The predicted molar refractivity (Wildman–Crippen MR) is 125 cm³/mol. The van der Waals surface area contributed by atoms with Gasteiger partial charge in [-0.1, -0.05) is 6.07 Å². The average molecular weight is 532 g/mol. The molecule has 0 aliphatic rings. The fraction of sp³-hybridized carbons (Fsp3) is 0.333. The van der Waals surface area contributed by atoms with Crippen LogP contribution in [0, 0.1) is 11.6 Å². The largest absolute Gasteiger partial charge is 0.508 e. The first-order chi connectivity index (χ1) is 14.0.